The Morgan fingerprint density at radius 1 is 0.857 bits per heavy atom. The van der Waals surface area contributed by atoms with Gasteiger partial charge in [-0.2, -0.15) is 0 Å². The fraction of sp³-hybridized carbons (Fsp3) is 1.00. The van der Waals surface area contributed by atoms with E-state index in [1.807, 2.05) is 6.92 Å². The number of aliphatic hydroxyl groups is 1. The van der Waals surface area contributed by atoms with Crippen molar-refractivity contribution in [3.8, 4) is 0 Å². The van der Waals surface area contributed by atoms with Gasteiger partial charge in [0.2, 0.25) is 0 Å². The van der Waals surface area contributed by atoms with Gasteiger partial charge in [-0.3, -0.25) is 0 Å². The zero-order valence-corrected chi connectivity index (χ0v) is 11.1. The van der Waals surface area contributed by atoms with Crippen molar-refractivity contribution in [2.24, 2.45) is 0 Å². The minimum atomic E-state index is -0.103. The molecule has 0 bridgehead atoms. The van der Waals surface area contributed by atoms with Gasteiger partial charge in [-0.25, -0.2) is 0 Å². The van der Waals surface area contributed by atoms with E-state index in [0.29, 0.717) is 0 Å². The maximum absolute atomic E-state index is 9.05. The lowest BCUT2D eigenvalue weighted by Gasteiger charge is -2.03. The first-order valence-electron chi connectivity index (χ1n) is 6.01. The van der Waals surface area contributed by atoms with E-state index in [0.717, 1.165) is 11.8 Å². The van der Waals surface area contributed by atoms with E-state index in [4.69, 9.17) is 5.11 Å². The molecule has 0 fully saturated rings. The normalized spacial score (nSPS) is 13.1. The number of hydrogen-bond acceptors (Lipinski definition) is 1. The molecule has 2 heteroatoms. The quantitative estimate of drug-likeness (QED) is 0.462. The number of halogens is 1. The Balaban J connectivity index is 2.85. The number of unbranched alkanes of at least 4 members (excludes halogenated alkanes) is 7. The van der Waals surface area contributed by atoms with Crippen LogP contribution in [0, 0.1) is 0 Å². The summed E-state index contributed by atoms with van der Waals surface area (Å²) in [5.74, 6) is 0. The van der Waals surface area contributed by atoms with Crippen LogP contribution < -0.4 is 0 Å². The number of aliphatic hydroxyl groups excluding tert-OH is 1. The minimum Gasteiger partial charge on any atom is -0.393 e. The van der Waals surface area contributed by atoms with Gasteiger partial charge in [-0.15, -0.1) is 0 Å². The van der Waals surface area contributed by atoms with E-state index in [9.17, 15) is 0 Å². The monoisotopic (exact) mass is 264 g/mol. The van der Waals surface area contributed by atoms with E-state index in [1.165, 1.54) is 51.4 Å². The summed E-state index contributed by atoms with van der Waals surface area (Å²) in [6.07, 6.45) is 11.6. The van der Waals surface area contributed by atoms with Crippen LogP contribution >= 0.6 is 15.9 Å². The van der Waals surface area contributed by atoms with Crippen LogP contribution in [0.1, 0.15) is 64.7 Å². The second kappa shape index (κ2) is 11.5. The van der Waals surface area contributed by atoms with Crippen LogP contribution in [0.2, 0.25) is 0 Å². The predicted molar refractivity (Wildman–Crippen MR) is 67.0 cm³/mol. The predicted octanol–water partition coefficient (Wildman–Crippen LogP) is 4.27. The third-order valence-electron chi connectivity index (χ3n) is 2.51. The van der Waals surface area contributed by atoms with Gasteiger partial charge >= 0.3 is 0 Å². The highest BCUT2D eigenvalue weighted by atomic mass is 79.9. The molecule has 0 aliphatic rings. The van der Waals surface area contributed by atoms with Crippen molar-refractivity contribution < 1.29 is 5.11 Å². The van der Waals surface area contributed by atoms with E-state index in [1.54, 1.807) is 0 Å². The standard InChI is InChI=1S/C12H25BrO/c1-12(14)10-8-6-4-2-3-5-7-9-11-13/h12,14H,2-11H2,1H3/t12-/m0/s1. The Kier molecular flexibility index (Phi) is 11.9. The number of hydrogen-bond donors (Lipinski definition) is 1. The third-order valence-corrected chi connectivity index (χ3v) is 3.07. The highest BCUT2D eigenvalue weighted by Crippen LogP contribution is 2.10. The van der Waals surface area contributed by atoms with E-state index in [-0.39, 0.29) is 6.10 Å². The lowest BCUT2D eigenvalue weighted by atomic mass is 10.1. The van der Waals surface area contributed by atoms with E-state index < -0.39 is 0 Å². The molecular formula is C12H25BrO. The summed E-state index contributed by atoms with van der Waals surface area (Å²) in [6, 6.07) is 0. The third kappa shape index (κ3) is 12.4. The van der Waals surface area contributed by atoms with Gasteiger partial charge in [0.15, 0.2) is 0 Å². The lowest BCUT2D eigenvalue weighted by molar-refractivity contribution is 0.180. The van der Waals surface area contributed by atoms with Crippen LogP contribution in [0.3, 0.4) is 0 Å². The van der Waals surface area contributed by atoms with Crippen molar-refractivity contribution in [2.75, 3.05) is 5.33 Å². The molecule has 0 spiro atoms. The van der Waals surface area contributed by atoms with Crippen molar-refractivity contribution in [3.05, 3.63) is 0 Å². The van der Waals surface area contributed by atoms with Crippen LogP contribution in [-0.2, 0) is 0 Å². The van der Waals surface area contributed by atoms with Gasteiger partial charge < -0.3 is 5.11 Å². The lowest BCUT2D eigenvalue weighted by Crippen LogP contribution is -1.98. The molecule has 0 saturated heterocycles. The van der Waals surface area contributed by atoms with Crippen LogP contribution in [0.15, 0.2) is 0 Å². The van der Waals surface area contributed by atoms with Gasteiger partial charge in [0, 0.05) is 5.33 Å². The molecule has 0 heterocycles. The van der Waals surface area contributed by atoms with Gasteiger partial charge in [0.25, 0.3) is 0 Å². The van der Waals surface area contributed by atoms with Gasteiger partial charge in [0.05, 0.1) is 6.10 Å². The summed E-state index contributed by atoms with van der Waals surface area (Å²) in [6.45, 7) is 1.88. The van der Waals surface area contributed by atoms with Crippen molar-refractivity contribution in [3.63, 3.8) is 0 Å². The van der Waals surface area contributed by atoms with Crippen LogP contribution in [0.5, 0.6) is 0 Å². The largest absolute Gasteiger partial charge is 0.393 e. The molecule has 0 rings (SSSR count). The fourth-order valence-corrected chi connectivity index (χ4v) is 1.99. The van der Waals surface area contributed by atoms with Crippen molar-refractivity contribution in [1.82, 2.24) is 0 Å². The summed E-state index contributed by atoms with van der Waals surface area (Å²) < 4.78 is 0. The molecule has 0 aliphatic carbocycles. The molecule has 0 aliphatic heterocycles. The first-order chi connectivity index (χ1) is 6.77. The Morgan fingerprint density at radius 2 is 1.29 bits per heavy atom. The topological polar surface area (TPSA) is 20.2 Å². The zero-order valence-electron chi connectivity index (χ0n) is 9.47. The maximum Gasteiger partial charge on any atom is 0.0512 e. The zero-order chi connectivity index (χ0) is 10.6. The summed E-state index contributed by atoms with van der Waals surface area (Å²) in [5, 5.41) is 10.2. The van der Waals surface area contributed by atoms with Crippen LogP contribution in [0.4, 0.5) is 0 Å². The van der Waals surface area contributed by atoms with Crippen molar-refractivity contribution in [2.45, 2.75) is 70.8 Å². The highest BCUT2D eigenvalue weighted by Gasteiger charge is 1.95. The Labute approximate surface area is 97.4 Å². The average molecular weight is 265 g/mol. The molecule has 86 valence electrons. The summed E-state index contributed by atoms with van der Waals surface area (Å²) in [7, 11) is 0. The molecule has 0 amide bonds. The Bertz CT molecular complexity index is 104. The van der Waals surface area contributed by atoms with Gasteiger partial charge in [0.1, 0.15) is 0 Å². The molecule has 0 aromatic heterocycles. The molecule has 0 unspecified atom stereocenters. The summed E-state index contributed by atoms with van der Waals surface area (Å²) in [5.41, 5.74) is 0. The summed E-state index contributed by atoms with van der Waals surface area (Å²) >= 11 is 3.44. The first kappa shape index (κ1) is 14.4. The molecule has 1 atom stereocenters. The maximum atomic E-state index is 9.05. The SMILES string of the molecule is C[C@H](O)CCCCCCCCCCBr. The Hall–Kier alpha value is 0.440. The van der Waals surface area contributed by atoms with Crippen LogP contribution in [0.25, 0.3) is 0 Å². The molecule has 0 saturated carbocycles. The van der Waals surface area contributed by atoms with Gasteiger partial charge in [-0.1, -0.05) is 60.9 Å². The second-order valence-electron chi connectivity index (χ2n) is 4.16. The van der Waals surface area contributed by atoms with Crippen molar-refractivity contribution >= 4 is 15.9 Å². The van der Waals surface area contributed by atoms with Crippen molar-refractivity contribution in [1.29, 1.82) is 0 Å². The molecule has 0 aromatic rings. The summed E-state index contributed by atoms with van der Waals surface area (Å²) in [4.78, 5) is 0. The smallest absolute Gasteiger partial charge is 0.0512 e. The molecule has 1 nitrogen and oxygen atoms in total. The molecule has 0 aromatic carbocycles. The van der Waals surface area contributed by atoms with Crippen LogP contribution in [-0.4, -0.2) is 16.5 Å². The highest BCUT2D eigenvalue weighted by molar-refractivity contribution is 9.09. The second-order valence-corrected chi connectivity index (χ2v) is 4.95. The molecule has 14 heavy (non-hydrogen) atoms. The molecular weight excluding hydrogens is 240 g/mol. The van der Waals surface area contributed by atoms with Gasteiger partial charge in [-0.05, 0) is 19.8 Å². The van der Waals surface area contributed by atoms with E-state index in [2.05, 4.69) is 15.9 Å². The first-order valence-corrected chi connectivity index (χ1v) is 7.13. The molecule has 0 radical (unpaired) electrons. The molecule has 1 N–H and O–H groups in total. The fourth-order valence-electron chi connectivity index (χ4n) is 1.59. The number of rotatable bonds is 10. The number of alkyl halides is 1. The minimum absolute atomic E-state index is 0.103. The Morgan fingerprint density at radius 3 is 1.71 bits per heavy atom. The average Bonchev–Trinajstić information content (AvgIpc) is 2.15. The van der Waals surface area contributed by atoms with E-state index >= 15 is 0 Å².